The molecule has 0 bridgehead atoms. The van der Waals surface area contributed by atoms with Crippen molar-refractivity contribution in [2.24, 2.45) is 0 Å². The topological polar surface area (TPSA) is 142 Å². The summed E-state index contributed by atoms with van der Waals surface area (Å²) in [6.07, 6.45) is 2.50. The van der Waals surface area contributed by atoms with E-state index >= 15 is 0 Å². The maximum atomic E-state index is 12.8. The summed E-state index contributed by atoms with van der Waals surface area (Å²) in [4.78, 5) is 47.6. The minimum Gasteiger partial charge on any atom is -0.494 e. The van der Waals surface area contributed by atoms with Crippen molar-refractivity contribution in [3.05, 3.63) is 85.0 Å². The Bertz CT molecular complexity index is 1230. The first-order valence-corrected chi connectivity index (χ1v) is 15.1. The average molecular weight is 639 g/mol. The van der Waals surface area contributed by atoms with Gasteiger partial charge < -0.3 is 37.9 Å². The number of benzene rings is 2. The summed E-state index contributed by atoms with van der Waals surface area (Å²) in [7, 11) is 0. The molecule has 0 aromatic heterocycles. The van der Waals surface area contributed by atoms with Crippen LogP contribution in [0.2, 0.25) is 0 Å². The second-order valence-corrected chi connectivity index (χ2v) is 10.4. The lowest BCUT2D eigenvalue weighted by atomic mass is 10.1. The smallest absolute Gasteiger partial charge is 0.338 e. The predicted octanol–water partition coefficient (Wildman–Crippen LogP) is 4.01. The van der Waals surface area contributed by atoms with E-state index in [0.717, 1.165) is 12.2 Å². The first-order valence-electron chi connectivity index (χ1n) is 15.1. The molecule has 1 unspecified atom stereocenters. The molecular weight excluding hydrogens is 600 g/mol. The van der Waals surface area contributed by atoms with E-state index in [1.54, 1.807) is 48.5 Å². The van der Waals surface area contributed by atoms with Gasteiger partial charge in [0.15, 0.2) is 12.2 Å². The number of ether oxygens (including phenoxy) is 8. The van der Waals surface area contributed by atoms with E-state index in [2.05, 4.69) is 13.2 Å². The van der Waals surface area contributed by atoms with Crippen molar-refractivity contribution in [2.45, 2.75) is 50.1 Å². The van der Waals surface area contributed by atoms with E-state index in [9.17, 15) is 19.2 Å². The van der Waals surface area contributed by atoms with E-state index in [-0.39, 0.29) is 13.2 Å². The molecule has 12 heteroatoms. The van der Waals surface area contributed by atoms with Gasteiger partial charge in [-0.15, -0.1) is 0 Å². The Labute approximate surface area is 267 Å². The van der Waals surface area contributed by atoms with Crippen LogP contribution in [0.1, 0.15) is 46.4 Å². The zero-order valence-corrected chi connectivity index (χ0v) is 25.5. The Morgan fingerprint density at radius 1 is 0.609 bits per heavy atom. The largest absolute Gasteiger partial charge is 0.494 e. The van der Waals surface area contributed by atoms with Gasteiger partial charge in [-0.1, -0.05) is 13.2 Å². The number of esters is 4. The number of carbonyl (C=O) groups is 4. The van der Waals surface area contributed by atoms with Crippen molar-refractivity contribution in [1.29, 1.82) is 0 Å². The fraction of sp³-hybridized carbons (Fsp3) is 0.412. The van der Waals surface area contributed by atoms with E-state index < -0.39 is 48.3 Å². The van der Waals surface area contributed by atoms with Crippen molar-refractivity contribution >= 4 is 23.9 Å². The van der Waals surface area contributed by atoms with Crippen molar-refractivity contribution in [1.82, 2.24) is 0 Å². The molecule has 2 aliphatic rings. The molecule has 4 rings (SSSR count). The van der Waals surface area contributed by atoms with Gasteiger partial charge in [0.1, 0.15) is 23.7 Å². The zero-order valence-electron chi connectivity index (χ0n) is 25.5. The van der Waals surface area contributed by atoms with Crippen molar-refractivity contribution in [3.8, 4) is 11.5 Å². The second-order valence-electron chi connectivity index (χ2n) is 10.4. The van der Waals surface area contributed by atoms with Gasteiger partial charge in [0.2, 0.25) is 0 Å². The monoisotopic (exact) mass is 638 g/mol. The quantitative estimate of drug-likeness (QED) is 0.101. The molecule has 0 amide bonds. The summed E-state index contributed by atoms with van der Waals surface area (Å²) in [5, 5.41) is 0. The molecular formula is C34H38O12. The standard InChI is InChI=1S/C34H38O12/c1-3-29(35)41-19-7-5-17-39-25-13-9-23(10-14-25)33(37)45-27-21-43-32-28(22-44-31(27)32)46-34(38)24-11-15-26(16-12-24)40-18-6-8-20-42-30(36)4-2/h3-4,9-16,27-28,31-32H,1-2,5-8,17-22H2/t27-,28?,31+,32+/m0/s1. The minimum atomic E-state index is -0.655. The second kappa shape index (κ2) is 17.7. The van der Waals surface area contributed by atoms with Gasteiger partial charge >= 0.3 is 23.9 Å². The third-order valence-electron chi connectivity index (χ3n) is 7.10. The highest BCUT2D eigenvalue weighted by Crippen LogP contribution is 2.31. The van der Waals surface area contributed by atoms with Crippen LogP contribution >= 0.6 is 0 Å². The lowest BCUT2D eigenvalue weighted by Crippen LogP contribution is -2.36. The Hall–Kier alpha value is -4.68. The molecule has 246 valence electrons. The van der Waals surface area contributed by atoms with Crippen molar-refractivity contribution in [3.63, 3.8) is 0 Å². The zero-order chi connectivity index (χ0) is 32.7. The number of unbranched alkanes of at least 4 members (excludes halogenated alkanes) is 2. The van der Waals surface area contributed by atoms with Crippen molar-refractivity contribution in [2.75, 3.05) is 39.6 Å². The summed E-state index contributed by atoms with van der Waals surface area (Å²) < 4.78 is 44.1. The molecule has 2 heterocycles. The minimum absolute atomic E-state index is 0.112. The Morgan fingerprint density at radius 2 is 0.978 bits per heavy atom. The van der Waals surface area contributed by atoms with Crippen molar-refractivity contribution < 1.29 is 57.1 Å². The van der Waals surface area contributed by atoms with E-state index in [1.807, 2.05) is 0 Å². The first kappa shape index (κ1) is 34.2. The van der Waals surface area contributed by atoms with Gasteiger partial charge in [0.05, 0.1) is 50.8 Å². The van der Waals surface area contributed by atoms with Gasteiger partial charge in [-0.2, -0.15) is 0 Å². The van der Waals surface area contributed by atoms with Crippen LogP contribution in [0.25, 0.3) is 0 Å². The van der Waals surface area contributed by atoms with Crippen LogP contribution in [-0.2, 0) is 38.0 Å². The SMILES string of the molecule is C=CC(=O)OCCCCOc1ccc(C(=O)OC2CO[C@@H]3[C@@H](OC(=O)c4ccc(OCCCCOC(=O)C=C)cc4)CO[C@H]23)cc1. The molecule has 0 saturated carbocycles. The van der Waals surface area contributed by atoms with Gasteiger partial charge in [0, 0.05) is 12.2 Å². The number of hydrogen-bond donors (Lipinski definition) is 0. The summed E-state index contributed by atoms with van der Waals surface area (Å²) in [5.74, 6) is -0.787. The molecule has 46 heavy (non-hydrogen) atoms. The van der Waals surface area contributed by atoms with Gasteiger partial charge in [-0.3, -0.25) is 0 Å². The molecule has 2 aromatic carbocycles. The number of carbonyl (C=O) groups excluding carboxylic acids is 4. The van der Waals surface area contributed by atoms with Gasteiger partial charge in [0.25, 0.3) is 0 Å². The summed E-state index contributed by atoms with van der Waals surface area (Å²) in [5.41, 5.74) is 0.684. The maximum Gasteiger partial charge on any atom is 0.338 e. The fourth-order valence-corrected chi connectivity index (χ4v) is 4.67. The van der Waals surface area contributed by atoms with Crippen LogP contribution in [0.4, 0.5) is 0 Å². The summed E-state index contributed by atoms with van der Waals surface area (Å²) in [6, 6.07) is 13.1. The molecule has 0 radical (unpaired) electrons. The molecule has 0 spiro atoms. The Morgan fingerprint density at radius 3 is 1.35 bits per heavy atom. The van der Waals surface area contributed by atoms with Crippen LogP contribution in [0, 0.1) is 0 Å². The third-order valence-corrected chi connectivity index (χ3v) is 7.10. The van der Waals surface area contributed by atoms with Gasteiger partial charge in [-0.05, 0) is 74.2 Å². The van der Waals surface area contributed by atoms with E-state index in [0.29, 0.717) is 74.7 Å². The molecule has 0 aliphatic carbocycles. The number of rotatable bonds is 18. The number of fused-ring (bicyclic) bond motifs is 1. The highest BCUT2D eigenvalue weighted by atomic mass is 16.7. The van der Waals surface area contributed by atoms with E-state index in [1.165, 1.54) is 0 Å². The molecule has 12 nitrogen and oxygen atoms in total. The fourth-order valence-electron chi connectivity index (χ4n) is 4.67. The molecule has 2 aliphatic heterocycles. The summed E-state index contributed by atoms with van der Waals surface area (Å²) in [6.45, 7) is 8.36. The highest BCUT2D eigenvalue weighted by molar-refractivity contribution is 5.90. The molecule has 2 aromatic rings. The molecule has 4 atom stereocenters. The molecule has 0 N–H and O–H groups in total. The van der Waals surface area contributed by atoms with Crippen LogP contribution < -0.4 is 9.47 Å². The van der Waals surface area contributed by atoms with Crippen LogP contribution in [0.15, 0.2) is 73.8 Å². The van der Waals surface area contributed by atoms with E-state index in [4.69, 9.17) is 37.9 Å². The van der Waals surface area contributed by atoms with Gasteiger partial charge in [-0.25, -0.2) is 19.2 Å². The summed E-state index contributed by atoms with van der Waals surface area (Å²) >= 11 is 0. The maximum absolute atomic E-state index is 12.8. The van der Waals surface area contributed by atoms with Crippen LogP contribution in [0.5, 0.6) is 11.5 Å². The van der Waals surface area contributed by atoms with Crippen LogP contribution in [-0.4, -0.2) is 87.9 Å². The molecule has 2 saturated heterocycles. The van der Waals surface area contributed by atoms with Crippen LogP contribution in [0.3, 0.4) is 0 Å². The normalized spacial score (nSPS) is 19.7. The number of hydrogen-bond acceptors (Lipinski definition) is 12. The Kier molecular flexibility index (Phi) is 13.2. The molecule has 2 fully saturated rings. The third kappa shape index (κ3) is 10.2. The highest BCUT2D eigenvalue weighted by Gasteiger charge is 2.51. The lowest BCUT2D eigenvalue weighted by Gasteiger charge is -2.17. The predicted molar refractivity (Wildman–Crippen MR) is 163 cm³/mol. The average Bonchev–Trinajstić information content (AvgIpc) is 3.67. The lowest BCUT2D eigenvalue weighted by molar-refractivity contribution is -0.138. The first-order chi connectivity index (χ1) is 22.4. The Balaban J connectivity index is 1.15.